The van der Waals surface area contributed by atoms with Gasteiger partial charge in [0.15, 0.2) is 5.69 Å². The van der Waals surface area contributed by atoms with Crippen LogP contribution in [-0.2, 0) is 14.6 Å². The molecule has 0 saturated heterocycles. The number of benzene rings is 2. The Labute approximate surface area is 150 Å². The molecule has 134 valence electrons. The molecule has 0 saturated carbocycles. The lowest BCUT2D eigenvalue weighted by Gasteiger charge is -2.03. The van der Waals surface area contributed by atoms with Crippen molar-refractivity contribution in [3.05, 3.63) is 66.5 Å². The van der Waals surface area contributed by atoms with Gasteiger partial charge >= 0.3 is 5.97 Å². The summed E-state index contributed by atoms with van der Waals surface area (Å²) in [6.07, 6.45) is 1.30. The molecular weight excluding hydrogens is 356 g/mol. The third kappa shape index (κ3) is 3.18. The zero-order chi connectivity index (χ0) is 18.7. The van der Waals surface area contributed by atoms with E-state index in [2.05, 4.69) is 5.10 Å². The molecule has 2 aromatic carbocycles. The highest BCUT2D eigenvalue weighted by molar-refractivity contribution is 7.91. The van der Waals surface area contributed by atoms with E-state index in [1.54, 1.807) is 49.6 Å². The summed E-state index contributed by atoms with van der Waals surface area (Å²) in [6.45, 7) is 0. The van der Waals surface area contributed by atoms with E-state index in [0.717, 1.165) is 0 Å². The third-order valence-corrected chi connectivity index (χ3v) is 5.51. The maximum Gasteiger partial charge on any atom is 0.359 e. The van der Waals surface area contributed by atoms with Crippen molar-refractivity contribution in [2.24, 2.45) is 0 Å². The Morgan fingerprint density at radius 2 is 1.65 bits per heavy atom. The van der Waals surface area contributed by atoms with E-state index in [1.807, 2.05) is 0 Å². The number of rotatable bonds is 5. The van der Waals surface area contributed by atoms with Gasteiger partial charge in [0.1, 0.15) is 10.6 Å². The smallest absolute Gasteiger partial charge is 0.359 e. The number of carbonyl (C=O) groups is 1. The minimum Gasteiger partial charge on any atom is -0.497 e. The highest BCUT2D eigenvalue weighted by Crippen LogP contribution is 2.26. The average Bonchev–Trinajstić information content (AvgIpc) is 3.14. The van der Waals surface area contributed by atoms with Crippen molar-refractivity contribution in [1.82, 2.24) is 9.78 Å². The molecule has 0 atom stereocenters. The maximum atomic E-state index is 12.9. The van der Waals surface area contributed by atoms with Crippen LogP contribution in [0.2, 0.25) is 0 Å². The standard InChI is InChI=1S/C18H16N2O5S/c1-24-14-10-8-13(9-11-14)20-12-16(17(19-20)18(21)25-2)26(22,23)15-6-4-3-5-7-15/h3-12H,1-2H3. The third-order valence-electron chi connectivity index (χ3n) is 3.74. The van der Waals surface area contributed by atoms with Crippen molar-refractivity contribution in [1.29, 1.82) is 0 Å². The first-order chi connectivity index (χ1) is 12.5. The molecule has 0 fully saturated rings. The normalized spacial score (nSPS) is 11.2. The molecule has 1 heterocycles. The number of sulfone groups is 1. The van der Waals surface area contributed by atoms with Crippen molar-refractivity contribution >= 4 is 15.8 Å². The molecule has 0 bridgehead atoms. The van der Waals surface area contributed by atoms with Crippen molar-refractivity contribution in [2.75, 3.05) is 14.2 Å². The first-order valence-corrected chi connectivity index (χ1v) is 9.08. The van der Waals surface area contributed by atoms with E-state index in [0.29, 0.717) is 11.4 Å². The Kier molecular flexibility index (Phi) is 4.77. The first kappa shape index (κ1) is 17.7. The van der Waals surface area contributed by atoms with Crippen LogP contribution in [0.15, 0.2) is 70.6 Å². The molecule has 0 aliphatic rings. The van der Waals surface area contributed by atoms with Crippen molar-refractivity contribution in [3.8, 4) is 11.4 Å². The lowest BCUT2D eigenvalue weighted by molar-refractivity contribution is 0.0589. The maximum absolute atomic E-state index is 12.9. The number of hydrogen-bond donors (Lipinski definition) is 0. The van der Waals surface area contributed by atoms with Gasteiger partial charge in [-0.05, 0) is 36.4 Å². The van der Waals surface area contributed by atoms with E-state index in [9.17, 15) is 13.2 Å². The first-order valence-electron chi connectivity index (χ1n) is 7.60. The van der Waals surface area contributed by atoms with E-state index >= 15 is 0 Å². The number of hydrogen-bond acceptors (Lipinski definition) is 6. The van der Waals surface area contributed by atoms with Gasteiger partial charge < -0.3 is 9.47 Å². The van der Waals surface area contributed by atoms with Crippen LogP contribution >= 0.6 is 0 Å². The summed E-state index contributed by atoms with van der Waals surface area (Å²) in [6, 6.07) is 14.7. The molecule has 0 radical (unpaired) electrons. The lowest BCUT2D eigenvalue weighted by atomic mass is 10.3. The van der Waals surface area contributed by atoms with Gasteiger partial charge in [0, 0.05) is 0 Å². The van der Waals surface area contributed by atoms with E-state index < -0.39 is 15.8 Å². The number of methoxy groups -OCH3 is 2. The Morgan fingerprint density at radius 1 is 1.00 bits per heavy atom. The zero-order valence-electron chi connectivity index (χ0n) is 14.1. The van der Waals surface area contributed by atoms with E-state index in [-0.39, 0.29) is 15.5 Å². The molecule has 7 nitrogen and oxygen atoms in total. The molecular formula is C18H16N2O5S. The van der Waals surface area contributed by atoms with Crippen LogP contribution in [0.3, 0.4) is 0 Å². The largest absolute Gasteiger partial charge is 0.497 e. The van der Waals surface area contributed by atoms with Gasteiger partial charge in [-0.15, -0.1) is 0 Å². The van der Waals surface area contributed by atoms with Crippen LogP contribution in [0, 0.1) is 0 Å². The van der Waals surface area contributed by atoms with Crippen molar-refractivity contribution < 1.29 is 22.7 Å². The lowest BCUT2D eigenvalue weighted by Crippen LogP contribution is -2.10. The van der Waals surface area contributed by atoms with Gasteiger partial charge in [-0.1, -0.05) is 18.2 Å². The second-order valence-electron chi connectivity index (χ2n) is 5.29. The highest BCUT2D eigenvalue weighted by Gasteiger charge is 2.29. The predicted octanol–water partition coefficient (Wildman–Crippen LogP) is 2.50. The van der Waals surface area contributed by atoms with Crippen LogP contribution < -0.4 is 4.74 Å². The summed E-state index contributed by atoms with van der Waals surface area (Å²) in [7, 11) is -1.21. The molecule has 1 aromatic heterocycles. The van der Waals surface area contributed by atoms with Gasteiger partial charge in [0.2, 0.25) is 9.84 Å². The van der Waals surface area contributed by atoms with Gasteiger partial charge in [-0.3, -0.25) is 0 Å². The average molecular weight is 372 g/mol. The van der Waals surface area contributed by atoms with Crippen LogP contribution in [0.4, 0.5) is 0 Å². The van der Waals surface area contributed by atoms with E-state index in [1.165, 1.54) is 30.1 Å². The molecule has 0 aliphatic carbocycles. The van der Waals surface area contributed by atoms with Crippen LogP contribution in [-0.4, -0.2) is 38.4 Å². The number of aromatic nitrogens is 2. The summed E-state index contributed by atoms with van der Waals surface area (Å²) in [5.74, 6) is -0.182. The SMILES string of the molecule is COC(=O)c1nn(-c2ccc(OC)cc2)cc1S(=O)(=O)c1ccccc1. The van der Waals surface area contributed by atoms with Crippen LogP contribution in [0.25, 0.3) is 5.69 Å². The topological polar surface area (TPSA) is 87.5 Å². The minimum absolute atomic E-state index is 0.0689. The van der Waals surface area contributed by atoms with Crippen molar-refractivity contribution in [2.45, 2.75) is 9.79 Å². The molecule has 3 aromatic rings. The second kappa shape index (κ2) is 7.01. The summed E-state index contributed by atoms with van der Waals surface area (Å²) in [5.41, 5.74) is 0.303. The Hall–Kier alpha value is -3.13. The molecule has 26 heavy (non-hydrogen) atoms. The fraction of sp³-hybridized carbons (Fsp3) is 0.111. The summed E-state index contributed by atoms with van der Waals surface area (Å²) >= 11 is 0. The zero-order valence-corrected chi connectivity index (χ0v) is 14.9. The van der Waals surface area contributed by atoms with Gasteiger partial charge in [0.25, 0.3) is 0 Å². The molecule has 0 aliphatic heterocycles. The summed E-state index contributed by atoms with van der Waals surface area (Å²) in [5, 5.41) is 4.12. The van der Waals surface area contributed by atoms with Crippen LogP contribution in [0.5, 0.6) is 5.75 Å². The highest BCUT2D eigenvalue weighted by atomic mass is 32.2. The van der Waals surface area contributed by atoms with Gasteiger partial charge in [-0.2, -0.15) is 5.10 Å². The molecule has 8 heteroatoms. The fourth-order valence-electron chi connectivity index (χ4n) is 2.39. The summed E-state index contributed by atoms with van der Waals surface area (Å²) in [4.78, 5) is 11.9. The predicted molar refractivity (Wildman–Crippen MR) is 93.3 cm³/mol. The van der Waals surface area contributed by atoms with Crippen LogP contribution in [0.1, 0.15) is 10.5 Å². The van der Waals surface area contributed by atoms with E-state index in [4.69, 9.17) is 9.47 Å². The van der Waals surface area contributed by atoms with Gasteiger partial charge in [-0.25, -0.2) is 17.9 Å². The number of esters is 1. The minimum atomic E-state index is -3.93. The molecule has 0 N–H and O–H groups in total. The second-order valence-corrected chi connectivity index (χ2v) is 7.21. The van der Waals surface area contributed by atoms with Gasteiger partial charge in [0.05, 0.1) is 31.0 Å². The van der Waals surface area contributed by atoms with Crippen molar-refractivity contribution in [3.63, 3.8) is 0 Å². The summed E-state index contributed by atoms with van der Waals surface area (Å²) < 4.78 is 37.0. The Bertz CT molecular complexity index is 1030. The molecule has 3 rings (SSSR count). The molecule has 0 amide bonds. The monoisotopic (exact) mass is 372 g/mol. The Balaban J connectivity index is 2.15. The fourth-order valence-corrected chi connectivity index (χ4v) is 3.77. The number of nitrogens with zero attached hydrogens (tertiary/aromatic N) is 2. The molecule has 0 spiro atoms. The number of carbonyl (C=O) groups excluding carboxylic acids is 1. The quantitative estimate of drug-likeness (QED) is 0.640. The number of ether oxygens (including phenoxy) is 2. The molecule has 0 unspecified atom stereocenters. The Morgan fingerprint density at radius 3 is 2.23 bits per heavy atom.